The normalized spacial score (nSPS) is 16.1. The molecule has 0 radical (unpaired) electrons. The summed E-state index contributed by atoms with van der Waals surface area (Å²) >= 11 is 0. The highest BCUT2D eigenvalue weighted by molar-refractivity contribution is 5.93. The molecule has 50 heavy (non-hydrogen) atoms. The van der Waals surface area contributed by atoms with Crippen molar-refractivity contribution in [2.45, 2.75) is 85.5 Å². The molecule has 3 aromatic rings. The van der Waals surface area contributed by atoms with Gasteiger partial charge in [-0.25, -0.2) is 0 Å². The first kappa shape index (κ1) is 35.8. The van der Waals surface area contributed by atoms with Gasteiger partial charge in [-0.3, -0.25) is 0 Å². The van der Waals surface area contributed by atoms with Crippen LogP contribution in [0.1, 0.15) is 113 Å². The Bertz CT molecular complexity index is 1730. The van der Waals surface area contributed by atoms with Crippen molar-refractivity contribution in [3.05, 3.63) is 112 Å². The molecule has 2 heterocycles. The lowest BCUT2D eigenvalue weighted by Crippen LogP contribution is -2.41. The molecule has 0 spiro atoms. The van der Waals surface area contributed by atoms with Gasteiger partial charge in [0.05, 0.1) is 50.3 Å². The number of nitrogens with zero attached hydrogens (tertiary/aromatic N) is 4. The van der Waals surface area contributed by atoms with Gasteiger partial charge in [-0.1, -0.05) is 122 Å². The maximum absolute atomic E-state index is 10.3. The Morgan fingerprint density at radius 2 is 1.12 bits per heavy atom. The Morgan fingerprint density at radius 3 is 1.68 bits per heavy atom. The Balaban J connectivity index is 1.48. The second-order valence-corrected chi connectivity index (χ2v) is 15.4. The summed E-state index contributed by atoms with van der Waals surface area (Å²) in [4.78, 5) is 9.77. The number of para-hydroxylation sites is 1. The fourth-order valence-corrected chi connectivity index (χ4v) is 8.34. The molecule has 0 aromatic heterocycles. The maximum atomic E-state index is 10.3. The van der Waals surface area contributed by atoms with Gasteiger partial charge in [-0.05, 0) is 63.1 Å². The number of aliphatic hydroxyl groups excluding tert-OH is 2. The Morgan fingerprint density at radius 1 is 0.600 bits per heavy atom. The second-order valence-electron chi connectivity index (χ2n) is 15.4. The predicted molar refractivity (Wildman–Crippen MR) is 211 cm³/mol. The molecule has 0 atom stereocenters. The molecule has 3 aliphatic rings. The van der Waals surface area contributed by atoms with Gasteiger partial charge >= 0.3 is 0 Å². The molecule has 6 heteroatoms. The number of hydrogen-bond donors (Lipinski definition) is 2. The van der Waals surface area contributed by atoms with E-state index >= 15 is 0 Å². The van der Waals surface area contributed by atoms with Crippen molar-refractivity contribution in [3.63, 3.8) is 0 Å². The SMILES string of the molecule is CC(C)c1cccc(C(C)C)c1C1=CC=CCC2=C1N(CN1CN(CCO)c3c(-c4c(C(C)C)cccc4C(C)C)cccc31)CN2CCO. The summed E-state index contributed by atoms with van der Waals surface area (Å²) in [7, 11) is 0. The van der Waals surface area contributed by atoms with Crippen LogP contribution in [0.4, 0.5) is 11.4 Å². The van der Waals surface area contributed by atoms with Crippen molar-refractivity contribution in [1.82, 2.24) is 9.80 Å². The van der Waals surface area contributed by atoms with Crippen LogP contribution < -0.4 is 9.80 Å². The minimum atomic E-state index is 0.0935. The molecular formula is C44H58N4O2. The van der Waals surface area contributed by atoms with E-state index in [2.05, 4.69) is 148 Å². The molecule has 6 nitrogen and oxygen atoms in total. The van der Waals surface area contributed by atoms with Crippen molar-refractivity contribution >= 4 is 16.9 Å². The number of anilines is 2. The van der Waals surface area contributed by atoms with Gasteiger partial charge in [0.1, 0.15) is 0 Å². The number of β-amino-alcohol motifs (C(OH)–C–C–N with tert-alkyl or cyclic N) is 2. The highest BCUT2D eigenvalue weighted by Crippen LogP contribution is 2.49. The quantitative estimate of drug-likeness (QED) is 0.200. The predicted octanol–water partition coefficient (Wildman–Crippen LogP) is 9.20. The second kappa shape index (κ2) is 15.1. The van der Waals surface area contributed by atoms with Crippen molar-refractivity contribution in [1.29, 1.82) is 0 Å². The summed E-state index contributed by atoms with van der Waals surface area (Å²) in [6, 6.07) is 20.4. The van der Waals surface area contributed by atoms with Gasteiger partial charge in [0, 0.05) is 36.3 Å². The van der Waals surface area contributed by atoms with E-state index in [1.165, 1.54) is 67.3 Å². The first-order chi connectivity index (χ1) is 24.1. The van der Waals surface area contributed by atoms with Crippen LogP contribution >= 0.6 is 0 Å². The molecular weight excluding hydrogens is 617 g/mol. The Labute approximate surface area is 301 Å². The van der Waals surface area contributed by atoms with E-state index in [1.54, 1.807) is 0 Å². The molecule has 0 amide bonds. The third kappa shape index (κ3) is 6.60. The van der Waals surface area contributed by atoms with Crippen LogP contribution in [0.15, 0.2) is 84.2 Å². The van der Waals surface area contributed by atoms with Crippen LogP contribution in [0.5, 0.6) is 0 Å². The number of hydrogen-bond acceptors (Lipinski definition) is 6. The van der Waals surface area contributed by atoms with Gasteiger partial charge in [0.15, 0.2) is 0 Å². The van der Waals surface area contributed by atoms with E-state index < -0.39 is 0 Å². The largest absolute Gasteiger partial charge is 0.395 e. The standard InChI is InChI=1S/C44H58N4O2/c1-29(2)33-15-11-16-34(30(3)4)41(33)37-14-9-10-20-39-44(37)48(26-45(39)22-24-49)28-47-27-46(23-25-50)43-38(19-13-21-40(43)47)42-35(31(5)6)17-12-18-36(42)32(7)8/h9-19,21,29-32,49-50H,20,22-28H2,1-8H3. The minimum absolute atomic E-state index is 0.0935. The first-order valence-corrected chi connectivity index (χ1v) is 18.8. The Hall–Kier alpha value is -4.00. The molecule has 266 valence electrons. The van der Waals surface area contributed by atoms with Crippen LogP contribution in [-0.4, -0.2) is 66.3 Å². The number of fused-ring (bicyclic) bond motifs is 1. The monoisotopic (exact) mass is 674 g/mol. The van der Waals surface area contributed by atoms with Crippen molar-refractivity contribution in [3.8, 4) is 11.1 Å². The van der Waals surface area contributed by atoms with E-state index in [9.17, 15) is 10.2 Å². The maximum Gasteiger partial charge on any atom is 0.0939 e. The summed E-state index contributed by atoms with van der Waals surface area (Å²) in [6.45, 7) is 21.8. The molecule has 0 unspecified atom stereocenters. The molecule has 0 saturated heterocycles. The lowest BCUT2D eigenvalue weighted by atomic mass is 9.83. The molecule has 2 N–H and O–H groups in total. The summed E-state index contributed by atoms with van der Waals surface area (Å²) in [5, 5.41) is 20.5. The van der Waals surface area contributed by atoms with Gasteiger partial charge in [-0.15, -0.1) is 0 Å². The zero-order valence-electron chi connectivity index (χ0n) is 31.6. The number of benzene rings is 3. The summed E-state index contributed by atoms with van der Waals surface area (Å²) in [5.74, 6) is 1.53. The summed E-state index contributed by atoms with van der Waals surface area (Å²) < 4.78 is 0. The van der Waals surface area contributed by atoms with Crippen LogP contribution in [0.3, 0.4) is 0 Å². The summed E-state index contributed by atoms with van der Waals surface area (Å²) in [5.41, 5.74) is 15.7. The van der Waals surface area contributed by atoms with Gasteiger partial charge in [0.25, 0.3) is 0 Å². The zero-order chi connectivity index (χ0) is 35.7. The third-order valence-electron chi connectivity index (χ3n) is 10.7. The van der Waals surface area contributed by atoms with Crippen molar-refractivity contribution in [2.24, 2.45) is 0 Å². The molecule has 0 bridgehead atoms. The molecule has 6 rings (SSSR count). The van der Waals surface area contributed by atoms with E-state index in [-0.39, 0.29) is 13.2 Å². The van der Waals surface area contributed by atoms with Crippen LogP contribution in [0, 0.1) is 0 Å². The number of aliphatic hydroxyl groups is 2. The number of rotatable bonds is 12. The molecule has 1 aliphatic carbocycles. The van der Waals surface area contributed by atoms with E-state index in [4.69, 9.17) is 0 Å². The zero-order valence-corrected chi connectivity index (χ0v) is 31.6. The highest BCUT2D eigenvalue weighted by Gasteiger charge is 2.37. The average Bonchev–Trinajstić information content (AvgIpc) is 3.51. The lowest BCUT2D eigenvalue weighted by molar-refractivity contribution is 0.195. The lowest BCUT2D eigenvalue weighted by Gasteiger charge is -2.32. The van der Waals surface area contributed by atoms with Crippen LogP contribution in [-0.2, 0) is 0 Å². The van der Waals surface area contributed by atoms with E-state index in [0.29, 0.717) is 50.1 Å². The topological polar surface area (TPSA) is 53.4 Å². The third-order valence-corrected chi connectivity index (χ3v) is 10.7. The molecule has 2 aliphatic heterocycles. The van der Waals surface area contributed by atoms with Crippen molar-refractivity contribution < 1.29 is 10.2 Å². The van der Waals surface area contributed by atoms with Gasteiger partial charge in [0.2, 0.25) is 0 Å². The smallest absolute Gasteiger partial charge is 0.0939 e. The number of allylic oxidation sites excluding steroid dienone is 4. The average molecular weight is 675 g/mol. The minimum Gasteiger partial charge on any atom is -0.395 e. The Kier molecular flexibility index (Phi) is 10.8. The summed E-state index contributed by atoms with van der Waals surface area (Å²) in [6.07, 6.45) is 7.65. The van der Waals surface area contributed by atoms with E-state index in [1.807, 2.05) is 0 Å². The fourth-order valence-electron chi connectivity index (χ4n) is 8.34. The van der Waals surface area contributed by atoms with E-state index in [0.717, 1.165) is 13.1 Å². The molecule has 0 fully saturated rings. The van der Waals surface area contributed by atoms with Gasteiger partial charge < -0.3 is 29.8 Å². The van der Waals surface area contributed by atoms with Crippen LogP contribution in [0.2, 0.25) is 0 Å². The van der Waals surface area contributed by atoms with Crippen LogP contribution in [0.25, 0.3) is 16.7 Å². The highest BCUT2D eigenvalue weighted by atomic mass is 16.3. The first-order valence-electron chi connectivity index (χ1n) is 18.8. The van der Waals surface area contributed by atoms with Gasteiger partial charge in [-0.2, -0.15) is 0 Å². The molecule has 0 saturated carbocycles. The fraction of sp³-hybridized carbons (Fsp3) is 0.455. The molecule has 3 aromatic carbocycles. The van der Waals surface area contributed by atoms with Crippen molar-refractivity contribution in [2.75, 3.05) is 56.1 Å².